The Morgan fingerprint density at radius 3 is 2.38 bits per heavy atom. The van der Waals surface area contributed by atoms with E-state index in [1.165, 1.54) is 16.0 Å². The molecule has 0 saturated heterocycles. The van der Waals surface area contributed by atoms with E-state index in [-0.39, 0.29) is 24.0 Å². The first-order chi connectivity index (χ1) is 11.2. The zero-order valence-corrected chi connectivity index (χ0v) is 17.8. The summed E-state index contributed by atoms with van der Waals surface area (Å²) in [6, 6.07) is 6.37. The van der Waals surface area contributed by atoms with Crippen LogP contribution >= 0.6 is 35.3 Å². The zero-order chi connectivity index (χ0) is 16.7. The molecule has 0 atom stereocenters. The van der Waals surface area contributed by atoms with Crippen LogP contribution in [-0.2, 0) is 25.7 Å². The van der Waals surface area contributed by atoms with Crippen molar-refractivity contribution in [3.05, 3.63) is 45.4 Å². The monoisotopic (exact) mass is 458 g/mol. The molecule has 1 aromatic heterocycles. The van der Waals surface area contributed by atoms with Crippen molar-refractivity contribution >= 4 is 47.0 Å². The second-order valence-electron chi connectivity index (χ2n) is 5.37. The van der Waals surface area contributed by atoms with Crippen molar-refractivity contribution in [1.82, 2.24) is 4.98 Å². The Kier molecular flexibility index (Phi) is 9.28. The SMILES string of the molecule is CCc1cnc(CCN=C(N)Nc2c(CC)cccc2CC)s1.I. The number of nitrogens with one attached hydrogen (secondary N) is 1. The number of para-hydroxylation sites is 1. The van der Waals surface area contributed by atoms with E-state index >= 15 is 0 Å². The zero-order valence-electron chi connectivity index (χ0n) is 14.6. The average Bonchev–Trinajstić information content (AvgIpc) is 3.03. The number of aliphatic imine (C=N–C) groups is 1. The van der Waals surface area contributed by atoms with Gasteiger partial charge >= 0.3 is 0 Å². The fourth-order valence-corrected chi connectivity index (χ4v) is 3.32. The Morgan fingerprint density at radius 1 is 1.17 bits per heavy atom. The van der Waals surface area contributed by atoms with E-state index in [1.807, 2.05) is 6.20 Å². The number of anilines is 1. The third-order valence-corrected chi connectivity index (χ3v) is 5.01. The fraction of sp³-hybridized carbons (Fsp3) is 0.444. The van der Waals surface area contributed by atoms with E-state index in [1.54, 1.807) is 11.3 Å². The Balaban J connectivity index is 0.00000288. The Labute approximate surface area is 166 Å². The van der Waals surface area contributed by atoms with Crippen LogP contribution in [0.5, 0.6) is 0 Å². The van der Waals surface area contributed by atoms with Gasteiger partial charge in [-0.05, 0) is 30.4 Å². The van der Waals surface area contributed by atoms with E-state index in [9.17, 15) is 0 Å². The minimum atomic E-state index is 0. The third-order valence-electron chi connectivity index (χ3n) is 3.81. The highest BCUT2D eigenvalue weighted by molar-refractivity contribution is 14.0. The lowest BCUT2D eigenvalue weighted by molar-refractivity contribution is 0.948. The molecule has 0 aliphatic rings. The standard InChI is InChI=1S/C18H26N4S.HI/c1-4-13-8-7-9-14(5-2)17(13)22-18(19)20-11-10-16-21-12-15(6-3)23-16;/h7-9,12H,4-6,10-11H2,1-3H3,(H3,19,20,22);1H. The van der Waals surface area contributed by atoms with E-state index in [0.717, 1.165) is 36.4 Å². The van der Waals surface area contributed by atoms with Crippen molar-refractivity contribution in [3.63, 3.8) is 0 Å². The maximum Gasteiger partial charge on any atom is 0.193 e. The summed E-state index contributed by atoms with van der Waals surface area (Å²) in [5.41, 5.74) is 9.73. The minimum Gasteiger partial charge on any atom is -0.370 e. The second kappa shape index (κ2) is 10.7. The predicted molar refractivity (Wildman–Crippen MR) is 116 cm³/mol. The molecule has 0 aliphatic heterocycles. The highest BCUT2D eigenvalue weighted by atomic mass is 127. The summed E-state index contributed by atoms with van der Waals surface area (Å²) in [6.07, 6.45) is 5.78. The molecule has 6 heteroatoms. The van der Waals surface area contributed by atoms with Crippen molar-refractivity contribution in [3.8, 4) is 0 Å². The molecule has 3 N–H and O–H groups in total. The molecular weight excluding hydrogens is 431 g/mol. The Bertz CT molecular complexity index is 645. The summed E-state index contributed by atoms with van der Waals surface area (Å²) in [6.45, 7) is 7.11. The molecule has 24 heavy (non-hydrogen) atoms. The van der Waals surface area contributed by atoms with Gasteiger partial charge in [0.15, 0.2) is 5.96 Å². The normalized spacial score (nSPS) is 11.2. The summed E-state index contributed by atoms with van der Waals surface area (Å²) in [5, 5.41) is 4.42. The van der Waals surface area contributed by atoms with Gasteiger partial charge in [0, 0.05) is 29.7 Å². The number of hydrogen-bond acceptors (Lipinski definition) is 3. The van der Waals surface area contributed by atoms with Crippen LogP contribution in [0.2, 0.25) is 0 Å². The maximum atomic E-state index is 6.07. The summed E-state index contributed by atoms with van der Waals surface area (Å²) < 4.78 is 0. The van der Waals surface area contributed by atoms with Crippen molar-refractivity contribution in [2.24, 2.45) is 10.7 Å². The number of thiazole rings is 1. The molecule has 2 aromatic rings. The summed E-state index contributed by atoms with van der Waals surface area (Å²) in [4.78, 5) is 10.2. The van der Waals surface area contributed by atoms with Crippen LogP contribution in [0.25, 0.3) is 0 Å². The molecule has 1 heterocycles. The van der Waals surface area contributed by atoms with Crippen LogP contribution in [0.15, 0.2) is 29.4 Å². The number of nitrogens with two attached hydrogens (primary N) is 1. The van der Waals surface area contributed by atoms with E-state index in [4.69, 9.17) is 5.73 Å². The number of benzene rings is 1. The molecule has 0 fully saturated rings. The van der Waals surface area contributed by atoms with Gasteiger partial charge < -0.3 is 11.1 Å². The summed E-state index contributed by atoms with van der Waals surface area (Å²) in [5.74, 6) is 0.480. The molecule has 132 valence electrons. The third kappa shape index (κ3) is 5.73. The molecule has 1 aromatic carbocycles. The first-order valence-corrected chi connectivity index (χ1v) is 9.10. The number of guanidine groups is 1. The minimum absolute atomic E-state index is 0. The number of hydrogen-bond donors (Lipinski definition) is 2. The number of rotatable bonds is 7. The van der Waals surface area contributed by atoms with Crippen LogP contribution in [0.1, 0.15) is 41.8 Å². The molecular formula is C18H27IN4S. The fourth-order valence-electron chi connectivity index (χ4n) is 2.47. The van der Waals surface area contributed by atoms with Crippen LogP contribution in [0.4, 0.5) is 5.69 Å². The molecule has 4 nitrogen and oxygen atoms in total. The summed E-state index contributed by atoms with van der Waals surface area (Å²) in [7, 11) is 0. The van der Waals surface area contributed by atoms with Gasteiger partial charge in [-0.25, -0.2) is 4.98 Å². The lowest BCUT2D eigenvalue weighted by Crippen LogP contribution is -2.24. The molecule has 0 spiro atoms. The first-order valence-electron chi connectivity index (χ1n) is 8.29. The van der Waals surface area contributed by atoms with Crippen molar-refractivity contribution in [2.75, 3.05) is 11.9 Å². The molecule has 0 amide bonds. The topological polar surface area (TPSA) is 63.3 Å². The van der Waals surface area contributed by atoms with Gasteiger partial charge in [0.05, 0.1) is 5.01 Å². The van der Waals surface area contributed by atoms with Crippen LogP contribution in [-0.4, -0.2) is 17.5 Å². The highest BCUT2D eigenvalue weighted by Gasteiger charge is 2.07. The van der Waals surface area contributed by atoms with E-state index in [2.05, 4.69) is 54.3 Å². The smallest absolute Gasteiger partial charge is 0.193 e. The Morgan fingerprint density at radius 2 is 1.83 bits per heavy atom. The molecule has 0 saturated carbocycles. The van der Waals surface area contributed by atoms with Crippen molar-refractivity contribution in [1.29, 1.82) is 0 Å². The van der Waals surface area contributed by atoms with Crippen LogP contribution in [0.3, 0.4) is 0 Å². The number of nitrogens with zero attached hydrogens (tertiary/aromatic N) is 2. The second-order valence-corrected chi connectivity index (χ2v) is 6.57. The van der Waals surface area contributed by atoms with E-state index in [0.29, 0.717) is 12.5 Å². The largest absolute Gasteiger partial charge is 0.370 e. The van der Waals surface area contributed by atoms with Gasteiger partial charge in [0.25, 0.3) is 0 Å². The molecule has 0 aliphatic carbocycles. The van der Waals surface area contributed by atoms with Crippen LogP contribution in [0, 0.1) is 0 Å². The summed E-state index contributed by atoms with van der Waals surface area (Å²) >= 11 is 1.76. The van der Waals surface area contributed by atoms with Crippen molar-refractivity contribution < 1.29 is 0 Å². The van der Waals surface area contributed by atoms with Crippen LogP contribution < -0.4 is 11.1 Å². The van der Waals surface area contributed by atoms with Gasteiger partial charge in [0.2, 0.25) is 0 Å². The average molecular weight is 458 g/mol. The molecule has 0 radical (unpaired) electrons. The van der Waals surface area contributed by atoms with Gasteiger partial charge in [0.1, 0.15) is 0 Å². The highest BCUT2D eigenvalue weighted by Crippen LogP contribution is 2.22. The molecule has 2 rings (SSSR count). The number of aryl methyl sites for hydroxylation is 3. The van der Waals surface area contributed by atoms with E-state index < -0.39 is 0 Å². The number of aromatic nitrogens is 1. The molecule has 0 bridgehead atoms. The van der Waals surface area contributed by atoms with Crippen molar-refractivity contribution in [2.45, 2.75) is 46.5 Å². The first kappa shape index (κ1) is 20.9. The predicted octanol–water partition coefficient (Wildman–Crippen LogP) is 4.42. The number of halogens is 1. The van der Waals surface area contributed by atoms with Gasteiger partial charge in [-0.3, -0.25) is 4.99 Å². The van der Waals surface area contributed by atoms with Gasteiger partial charge in [-0.15, -0.1) is 35.3 Å². The Hall–Kier alpha value is -1.15. The lowest BCUT2D eigenvalue weighted by Gasteiger charge is -2.14. The molecule has 0 unspecified atom stereocenters. The van der Waals surface area contributed by atoms with Gasteiger partial charge in [-0.2, -0.15) is 0 Å². The lowest BCUT2D eigenvalue weighted by atomic mass is 10.0. The maximum absolute atomic E-state index is 6.07. The van der Waals surface area contributed by atoms with Gasteiger partial charge in [-0.1, -0.05) is 39.0 Å². The quantitative estimate of drug-likeness (QED) is 0.367.